The third-order valence-electron chi connectivity index (χ3n) is 6.97. The van der Waals surface area contributed by atoms with Crippen molar-refractivity contribution in [2.75, 3.05) is 30.7 Å². The molecule has 1 heterocycles. The molecule has 0 aromatic heterocycles. The molecular weight excluding hydrogens is 500 g/mol. The van der Waals surface area contributed by atoms with Crippen molar-refractivity contribution in [1.29, 1.82) is 0 Å². The molecule has 2 aromatic rings. The molecule has 4 N–H and O–H groups in total. The summed E-state index contributed by atoms with van der Waals surface area (Å²) in [5.41, 5.74) is 4.58. The summed E-state index contributed by atoms with van der Waals surface area (Å²) < 4.78 is 25.7. The molecule has 0 saturated heterocycles. The van der Waals surface area contributed by atoms with Crippen LogP contribution in [0.3, 0.4) is 0 Å². The van der Waals surface area contributed by atoms with Crippen LogP contribution in [0.2, 0.25) is 0 Å². The number of hydrogen-bond donors (Lipinski definition) is 4. The molecule has 1 aliphatic rings. The van der Waals surface area contributed by atoms with Gasteiger partial charge >= 0.3 is 0 Å². The van der Waals surface area contributed by atoms with Crippen molar-refractivity contribution in [3.63, 3.8) is 0 Å². The molecule has 8 nitrogen and oxygen atoms in total. The lowest BCUT2D eigenvalue weighted by atomic mass is 9.97. The van der Waals surface area contributed by atoms with Crippen LogP contribution in [0.4, 0.5) is 5.69 Å². The van der Waals surface area contributed by atoms with Crippen LogP contribution in [0.5, 0.6) is 0 Å². The second kappa shape index (κ2) is 13.6. The lowest BCUT2D eigenvalue weighted by Crippen LogP contribution is -2.49. The fourth-order valence-corrected chi connectivity index (χ4v) is 5.10. The quantitative estimate of drug-likeness (QED) is 0.407. The highest BCUT2D eigenvalue weighted by molar-refractivity contribution is 7.92. The van der Waals surface area contributed by atoms with Gasteiger partial charge in [-0.3, -0.25) is 14.4 Å². The number of nitrogens with zero attached hydrogens (tertiary/aromatic N) is 1. The van der Waals surface area contributed by atoms with E-state index in [1.165, 1.54) is 23.2 Å². The van der Waals surface area contributed by atoms with Crippen molar-refractivity contribution in [3.05, 3.63) is 64.7 Å². The molecule has 4 bridgehead atoms. The van der Waals surface area contributed by atoms with Crippen molar-refractivity contribution in [2.24, 2.45) is 5.92 Å². The predicted octanol–water partition coefficient (Wildman–Crippen LogP) is 2.90. The Morgan fingerprint density at radius 1 is 1.08 bits per heavy atom. The summed E-state index contributed by atoms with van der Waals surface area (Å²) in [7, 11) is -1.92. The van der Waals surface area contributed by atoms with E-state index in [4.69, 9.17) is 0 Å². The zero-order valence-electron chi connectivity index (χ0n) is 23.3. The summed E-state index contributed by atoms with van der Waals surface area (Å²) in [5.74, 6) is 0.320. The summed E-state index contributed by atoms with van der Waals surface area (Å²) in [6.07, 6.45) is 4.56. The van der Waals surface area contributed by atoms with Gasteiger partial charge in [-0.25, -0.2) is 8.42 Å². The molecule has 0 saturated carbocycles. The Balaban J connectivity index is 1.87. The molecule has 0 radical (unpaired) electrons. The minimum Gasteiger partial charge on any atom is -0.374 e. The summed E-state index contributed by atoms with van der Waals surface area (Å²) in [6.45, 7) is 7.04. The van der Waals surface area contributed by atoms with Gasteiger partial charge in [-0.15, -0.1) is 0 Å². The number of carbonyl (C=O) groups excluding carboxylic acids is 1. The van der Waals surface area contributed by atoms with Crippen molar-refractivity contribution >= 4 is 21.6 Å². The van der Waals surface area contributed by atoms with E-state index in [0.29, 0.717) is 36.7 Å². The highest BCUT2D eigenvalue weighted by Gasteiger charge is 2.21. The van der Waals surface area contributed by atoms with Crippen molar-refractivity contribution in [2.45, 2.75) is 71.2 Å². The Kier molecular flexibility index (Phi) is 10.7. The third-order valence-corrected chi connectivity index (χ3v) is 8.18. The Bertz CT molecular complexity index is 1180. The van der Waals surface area contributed by atoms with Gasteiger partial charge in [0.05, 0.1) is 18.0 Å². The second-order valence-corrected chi connectivity index (χ2v) is 12.9. The number of amides is 1. The Labute approximate surface area is 228 Å². The summed E-state index contributed by atoms with van der Waals surface area (Å²) in [4.78, 5) is 12.5. The maximum atomic E-state index is 12.5. The molecule has 38 heavy (non-hydrogen) atoms. The number of aryl methyl sites for hydroxylation is 2. The maximum Gasteiger partial charge on any atom is 0.236 e. The first kappa shape index (κ1) is 30.1. The number of carbonyl (C=O) groups is 1. The van der Waals surface area contributed by atoms with Crippen LogP contribution in [-0.2, 0) is 34.1 Å². The predicted molar refractivity (Wildman–Crippen MR) is 154 cm³/mol. The first-order chi connectivity index (χ1) is 17.9. The van der Waals surface area contributed by atoms with Crippen LogP contribution in [0.25, 0.3) is 0 Å². The number of anilines is 1. The van der Waals surface area contributed by atoms with E-state index in [-0.39, 0.29) is 18.0 Å². The van der Waals surface area contributed by atoms with Crippen molar-refractivity contribution in [1.82, 2.24) is 16.0 Å². The van der Waals surface area contributed by atoms with Gasteiger partial charge in [0.1, 0.15) is 6.23 Å². The third kappa shape index (κ3) is 9.08. The largest absolute Gasteiger partial charge is 0.374 e. The number of fused-ring (bicyclic) bond motifs is 4. The zero-order chi connectivity index (χ0) is 27.9. The smallest absolute Gasteiger partial charge is 0.236 e. The second-order valence-electron chi connectivity index (χ2n) is 10.9. The molecule has 0 aliphatic carbocycles. The fraction of sp³-hybridized carbons (Fsp3) is 0.552. The number of sulfonamides is 1. The van der Waals surface area contributed by atoms with Crippen LogP contribution in [0.15, 0.2) is 42.5 Å². The van der Waals surface area contributed by atoms with E-state index >= 15 is 0 Å². The average Bonchev–Trinajstić information content (AvgIpc) is 2.86. The Morgan fingerprint density at radius 2 is 1.76 bits per heavy atom. The van der Waals surface area contributed by atoms with Crippen LogP contribution >= 0.6 is 0 Å². The van der Waals surface area contributed by atoms with E-state index in [9.17, 15) is 18.3 Å². The van der Waals surface area contributed by atoms with Crippen LogP contribution < -0.4 is 20.3 Å². The van der Waals surface area contributed by atoms with Gasteiger partial charge in [0, 0.05) is 26.2 Å². The highest BCUT2D eigenvalue weighted by Crippen LogP contribution is 2.26. The summed E-state index contributed by atoms with van der Waals surface area (Å²) in [5, 5.41) is 20.9. The molecule has 3 rings (SSSR count). The van der Waals surface area contributed by atoms with Gasteiger partial charge in [0.15, 0.2) is 0 Å². The molecule has 3 atom stereocenters. The van der Waals surface area contributed by atoms with E-state index in [1.807, 2.05) is 19.1 Å². The highest BCUT2D eigenvalue weighted by atomic mass is 32.2. The topological polar surface area (TPSA) is 111 Å². The molecule has 2 aromatic carbocycles. The van der Waals surface area contributed by atoms with Gasteiger partial charge in [-0.1, -0.05) is 44.2 Å². The van der Waals surface area contributed by atoms with Crippen molar-refractivity contribution in [3.8, 4) is 0 Å². The zero-order valence-corrected chi connectivity index (χ0v) is 24.1. The molecule has 0 spiro atoms. The Morgan fingerprint density at radius 3 is 2.45 bits per heavy atom. The summed E-state index contributed by atoms with van der Waals surface area (Å²) in [6, 6.07) is 13.5. The molecule has 1 amide bonds. The standard InChI is InChI=1S/C29H44N4O4S/c1-20(2)18-31-28(34)21(3)30-19-26-15-23-12-8-11-22(13-23)9-6-7-10-24-14-25(29(35)32-26)17-27(16-24)33(4)38(5,36)37/h8,11-14,16-17,20-21,26,29-30,32,35H,6-7,9-10,15,18-19H2,1-5H3,(H,31,34)/t21-,26-,29?/m0/s1. The first-order valence-electron chi connectivity index (χ1n) is 13.5. The monoisotopic (exact) mass is 544 g/mol. The van der Waals surface area contributed by atoms with Crippen molar-refractivity contribution < 1.29 is 18.3 Å². The number of rotatable bonds is 8. The van der Waals surface area contributed by atoms with E-state index in [2.05, 4.69) is 54.1 Å². The van der Waals surface area contributed by atoms with Gasteiger partial charge < -0.3 is 15.7 Å². The molecular formula is C29H44N4O4S. The van der Waals surface area contributed by atoms with Gasteiger partial charge in [-0.2, -0.15) is 0 Å². The molecule has 0 fully saturated rings. The van der Waals surface area contributed by atoms with Crippen LogP contribution in [0, 0.1) is 5.92 Å². The fourth-order valence-electron chi connectivity index (χ4n) is 4.61. The van der Waals surface area contributed by atoms with E-state index in [0.717, 1.165) is 36.8 Å². The number of aliphatic hydroxyl groups excluding tert-OH is 1. The first-order valence-corrected chi connectivity index (χ1v) is 15.4. The van der Waals surface area contributed by atoms with E-state index < -0.39 is 16.3 Å². The molecule has 1 unspecified atom stereocenters. The number of hydrogen-bond acceptors (Lipinski definition) is 6. The van der Waals surface area contributed by atoms with Crippen LogP contribution in [0.1, 0.15) is 62.1 Å². The lowest BCUT2D eigenvalue weighted by Gasteiger charge is -2.27. The SMILES string of the molecule is CC(C)CNC(=O)[C@H](C)NC[C@@H]1Cc2cccc(c2)CCCCc2cc(cc(N(C)S(C)(=O)=O)c2)C(O)N1. The number of aliphatic hydroxyl groups is 1. The summed E-state index contributed by atoms with van der Waals surface area (Å²) >= 11 is 0. The van der Waals surface area contributed by atoms with Gasteiger partial charge in [-0.05, 0) is 79.3 Å². The van der Waals surface area contributed by atoms with Gasteiger partial charge in [0.2, 0.25) is 15.9 Å². The average molecular weight is 545 g/mol. The van der Waals surface area contributed by atoms with Gasteiger partial charge in [0.25, 0.3) is 0 Å². The lowest BCUT2D eigenvalue weighted by molar-refractivity contribution is -0.122. The molecule has 9 heteroatoms. The normalized spacial score (nSPS) is 19.4. The number of nitrogens with one attached hydrogen (secondary N) is 3. The molecule has 1 aliphatic heterocycles. The maximum absolute atomic E-state index is 12.5. The van der Waals surface area contributed by atoms with E-state index in [1.54, 1.807) is 6.07 Å². The number of benzene rings is 2. The van der Waals surface area contributed by atoms with Crippen LogP contribution in [-0.4, -0.2) is 57.9 Å². The minimum atomic E-state index is -3.45. The molecule has 210 valence electrons. The minimum absolute atomic E-state index is 0.0525. The Hall–Kier alpha value is -2.46.